The summed E-state index contributed by atoms with van der Waals surface area (Å²) in [6.07, 6.45) is 0. The summed E-state index contributed by atoms with van der Waals surface area (Å²) in [4.78, 5) is 15.3. The van der Waals surface area contributed by atoms with E-state index in [0.717, 1.165) is 6.54 Å². The van der Waals surface area contributed by atoms with Gasteiger partial charge in [-0.15, -0.1) is 11.8 Å². The van der Waals surface area contributed by atoms with Crippen LogP contribution in [0.1, 0.15) is 20.8 Å². The molecular formula is C14H20N2OS. The maximum absolute atomic E-state index is 11.9. The number of thioether (sulfide) groups is 1. The summed E-state index contributed by atoms with van der Waals surface area (Å²) >= 11 is 1.88. The zero-order chi connectivity index (χ0) is 13.1. The molecule has 18 heavy (non-hydrogen) atoms. The number of nitrogens with one attached hydrogen (secondary N) is 1. The Bertz CT molecular complexity index is 434. The summed E-state index contributed by atoms with van der Waals surface area (Å²) in [6.45, 7) is 7.54. The largest absolute Gasteiger partial charge is 0.360 e. The molecular weight excluding hydrogens is 244 g/mol. The van der Waals surface area contributed by atoms with Crippen LogP contribution in [-0.4, -0.2) is 30.3 Å². The van der Waals surface area contributed by atoms with Crippen LogP contribution in [0.5, 0.6) is 0 Å². The lowest BCUT2D eigenvalue weighted by atomic mass is 10.2. The summed E-state index contributed by atoms with van der Waals surface area (Å²) in [5, 5.41) is 3.47. The number of nitrogens with zero attached hydrogens (tertiary/aromatic N) is 1. The zero-order valence-electron chi connectivity index (χ0n) is 11.1. The molecule has 4 heteroatoms. The van der Waals surface area contributed by atoms with Gasteiger partial charge in [0.25, 0.3) is 0 Å². The maximum atomic E-state index is 11.9. The molecule has 0 aromatic heterocycles. The van der Waals surface area contributed by atoms with E-state index in [2.05, 4.69) is 35.3 Å². The Morgan fingerprint density at radius 3 is 2.94 bits per heavy atom. The number of fused-ring (bicyclic) bond motifs is 1. The van der Waals surface area contributed by atoms with Crippen LogP contribution in [0.15, 0.2) is 29.2 Å². The number of para-hydroxylation sites is 1. The molecule has 1 amide bonds. The normalized spacial score (nSPS) is 18.7. The second kappa shape index (κ2) is 5.65. The summed E-state index contributed by atoms with van der Waals surface area (Å²) in [6, 6.07) is 8.50. The Balaban J connectivity index is 2.11. The molecule has 3 nitrogen and oxygen atoms in total. The number of benzene rings is 1. The smallest absolute Gasteiger partial charge is 0.239 e. The van der Waals surface area contributed by atoms with E-state index in [-0.39, 0.29) is 11.9 Å². The van der Waals surface area contributed by atoms with Gasteiger partial charge in [-0.3, -0.25) is 4.79 Å². The lowest BCUT2D eigenvalue weighted by molar-refractivity contribution is -0.120. The second-order valence-electron chi connectivity index (χ2n) is 5.00. The quantitative estimate of drug-likeness (QED) is 0.910. The van der Waals surface area contributed by atoms with Crippen LogP contribution < -0.4 is 10.2 Å². The number of amides is 1. The molecule has 1 N–H and O–H groups in total. The van der Waals surface area contributed by atoms with Gasteiger partial charge >= 0.3 is 0 Å². The number of carbonyl (C=O) groups excluding carboxylic acids is 1. The van der Waals surface area contributed by atoms with Gasteiger partial charge in [-0.05, 0) is 26.0 Å². The first-order valence-electron chi connectivity index (χ1n) is 6.36. The third-order valence-electron chi connectivity index (χ3n) is 2.80. The molecule has 1 aromatic carbocycles. The minimum atomic E-state index is 0.0962. The number of hydrogen-bond acceptors (Lipinski definition) is 3. The Morgan fingerprint density at radius 2 is 2.22 bits per heavy atom. The van der Waals surface area contributed by atoms with Gasteiger partial charge < -0.3 is 10.2 Å². The Hall–Kier alpha value is -1.16. The van der Waals surface area contributed by atoms with Gasteiger partial charge in [0.2, 0.25) is 5.91 Å². The van der Waals surface area contributed by atoms with Gasteiger partial charge in [-0.2, -0.15) is 0 Å². The topological polar surface area (TPSA) is 32.3 Å². The van der Waals surface area contributed by atoms with Gasteiger partial charge in [-0.25, -0.2) is 0 Å². The zero-order valence-corrected chi connectivity index (χ0v) is 12.0. The van der Waals surface area contributed by atoms with Crippen molar-refractivity contribution >= 4 is 23.4 Å². The van der Waals surface area contributed by atoms with E-state index in [1.54, 1.807) is 0 Å². The number of carbonyl (C=O) groups is 1. The predicted molar refractivity (Wildman–Crippen MR) is 77.3 cm³/mol. The van der Waals surface area contributed by atoms with Crippen molar-refractivity contribution in [3.63, 3.8) is 0 Å². The third-order valence-corrected chi connectivity index (χ3v) is 3.95. The van der Waals surface area contributed by atoms with Crippen molar-refractivity contribution in [3.05, 3.63) is 24.3 Å². The first-order chi connectivity index (χ1) is 8.56. The second-order valence-corrected chi connectivity index (χ2v) is 6.48. The van der Waals surface area contributed by atoms with E-state index < -0.39 is 0 Å². The fourth-order valence-corrected chi connectivity index (χ4v) is 3.33. The molecule has 1 aliphatic heterocycles. The van der Waals surface area contributed by atoms with Crippen molar-refractivity contribution < 1.29 is 4.79 Å². The summed E-state index contributed by atoms with van der Waals surface area (Å²) < 4.78 is 0. The Morgan fingerprint density at radius 1 is 1.50 bits per heavy atom. The number of anilines is 1. The predicted octanol–water partition coefficient (Wildman–Crippen LogP) is 2.51. The molecule has 0 bridgehead atoms. The van der Waals surface area contributed by atoms with Crippen molar-refractivity contribution in [3.8, 4) is 0 Å². The molecule has 0 saturated heterocycles. The third kappa shape index (κ3) is 3.19. The van der Waals surface area contributed by atoms with Crippen LogP contribution >= 0.6 is 11.8 Å². The van der Waals surface area contributed by atoms with E-state index in [1.807, 2.05) is 31.7 Å². The molecule has 1 atom stereocenters. The van der Waals surface area contributed by atoms with Crippen LogP contribution in [0.3, 0.4) is 0 Å². The number of rotatable bonds is 3. The van der Waals surface area contributed by atoms with E-state index in [0.29, 0.717) is 11.8 Å². The average Bonchev–Trinajstić information content (AvgIpc) is 2.27. The highest BCUT2D eigenvalue weighted by Gasteiger charge is 2.23. The first-order valence-corrected chi connectivity index (χ1v) is 7.24. The monoisotopic (exact) mass is 264 g/mol. The molecule has 98 valence electrons. The van der Waals surface area contributed by atoms with Crippen LogP contribution in [0, 0.1) is 0 Å². The minimum absolute atomic E-state index is 0.0962. The lowest BCUT2D eigenvalue weighted by Gasteiger charge is -2.33. The van der Waals surface area contributed by atoms with Crippen LogP contribution in [0.4, 0.5) is 5.69 Å². The van der Waals surface area contributed by atoms with Crippen molar-refractivity contribution in [1.82, 2.24) is 5.32 Å². The minimum Gasteiger partial charge on any atom is -0.360 e. The molecule has 0 saturated carbocycles. The average molecular weight is 264 g/mol. The highest BCUT2D eigenvalue weighted by Crippen LogP contribution is 2.37. The van der Waals surface area contributed by atoms with E-state index in [9.17, 15) is 4.79 Å². The fraction of sp³-hybridized carbons (Fsp3) is 0.500. The molecule has 0 fully saturated rings. The van der Waals surface area contributed by atoms with Crippen LogP contribution in [-0.2, 0) is 4.79 Å². The van der Waals surface area contributed by atoms with Gasteiger partial charge in [0.1, 0.15) is 0 Å². The van der Waals surface area contributed by atoms with Gasteiger partial charge in [0.05, 0.1) is 12.2 Å². The molecule has 1 aliphatic rings. The molecule has 0 aliphatic carbocycles. The Labute approximate surface area is 113 Å². The van der Waals surface area contributed by atoms with Crippen molar-refractivity contribution in [2.75, 3.05) is 18.0 Å². The maximum Gasteiger partial charge on any atom is 0.239 e. The highest BCUT2D eigenvalue weighted by atomic mass is 32.2. The SMILES string of the molecule is CC(C)NC(=O)CN1CC(C)Sc2ccccc21. The molecule has 1 heterocycles. The van der Waals surface area contributed by atoms with Gasteiger partial charge in [0.15, 0.2) is 0 Å². The Kier molecular flexibility index (Phi) is 4.17. The molecule has 0 spiro atoms. The fourth-order valence-electron chi connectivity index (χ4n) is 2.17. The van der Waals surface area contributed by atoms with Gasteiger partial charge in [-0.1, -0.05) is 19.1 Å². The van der Waals surface area contributed by atoms with E-state index in [1.165, 1.54) is 10.6 Å². The molecule has 2 rings (SSSR count). The van der Waals surface area contributed by atoms with E-state index in [4.69, 9.17) is 0 Å². The molecule has 0 radical (unpaired) electrons. The van der Waals surface area contributed by atoms with Crippen LogP contribution in [0.2, 0.25) is 0 Å². The van der Waals surface area contributed by atoms with Crippen molar-refractivity contribution in [1.29, 1.82) is 0 Å². The standard InChI is InChI=1S/C14H20N2OS/c1-10(2)15-14(17)9-16-8-11(3)18-13-7-5-4-6-12(13)16/h4-7,10-11H,8-9H2,1-3H3,(H,15,17). The van der Waals surface area contributed by atoms with Crippen molar-refractivity contribution in [2.24, 2.45) is 0 Å². The van der Waals surface area contributed by atoms with Crippen LogP contribution in [0.25, 0.3) is 0 Å². The molecule has 1 aromatic rings. The lowest BCUT2D eigenvalue weighted by Crippen LogP contribution is -2.43. The first kappa shape index (κ1) is 13.3. The van der Waals surface area contributed by atoms with Crippen molar-refractivity contribution in [2.45, 2.75) is 37.0 Å². The molecule has 1 unspecified atom stereocenters. The summed E-state index contributed by atoms with van der Waals surface area (Å²) in [7, 11) is 0. The number of hydrogen-bond donors (Lipinski definition) is 1. The van der Waals surface area contributed by atoms with Gasteiger partial charge in [0, 0.05) is 22.7 Å². The summed E-state index contributed by atoms with van der Waals surface area (Å²) in [5.41, 5.74) is 1.18. The highest BCUT2D eigenvalue weighted by molar-refractivity contribution is 8.00. The van der Waals surface area contributed by atoms with E-state index >= 15 is 0 Å². The summed E-state index contributed by atoms with van der Waals surface area (Å²) in [5.74, 6) is 0.0962.